The van der Waals surface area contributed by atoms with E-state index in [1.165, 1.54) is 186 Å². The van der Waals surface area contributed by atoms with Crippen LogP contribution in [0.3, 0.4) is 0 Å². The molecule has 0 aliphatic heterocycles. The molecule has 0 rings (SSSR count). The number of aliphatic hydroxyl groups excluding tert-OH is 4. The number of hydrogen-bond donors (Lipinski definition) is 5. The Bertz CT molecular complexity index is 746. The van der Waals surface area contributed by atoms with Crippen LogP contribution >= 0.6 is 0 Å². The highest BCUT2D eigenvalue weighted by atomic mass is 16.3. The van der Waals surface area contributed by atoms with E-state index in [1.807, 2.05) is 6.92 Å². The molecule has 0 fully saturated rings. The molecule has 0 aliphatic rings. The van der Waals surface area contributed by atoms with Gasteiger partial charge in [-0.05, 0) is 38.5 Å². The molecule has 0 bridgehead atoms. The molecule has 6 nitrogen and oxygen atoms in total. The summed E-state index contributed by atoms with van der Waals surface area (Å²) in [4.78, 5) is 12.3. The lowest BCUT2D eigenvalue weighted by Crippen LogP contribution is -2.53. The molecule has 0 aliphatic carbocycles. The van der Waals surface area contributed by atoms with Crippen molar-refractivity contribution >= 4 is 5.91 Å². The third-order valence-electron chi connectivity index (χ3n) is 11.0. The number of unbranched alkanes of at least 4 members (excludes halogenated alkanes) is 31. The van der Waals surface area contributed by atoms with Gasteiger partial charge in [0.2, 0.25) is 5.91 Å². The molecule has 1 amide bonds. The lowest BCUT2D eigenvalue weighted by Gasteiger charge is -2.27. The maximum Gasteiger partial charge on any atom is 0.249 e. The number of rotatable bonds is 42. The standard InChI is InChI=1S/C46H91NO5/c1-3-5-7-8-9-10-11-12-13-14-15-16-17-18-19-20-21-22-23-24-25-26-27-28-29-30-31-32-33-34-35-36-37-38-40-44(50)46(52)47-42(41-48)45(51)43(49)39-6-4-2/h20-21,42-45,48-51H,3-19,22-41H2,1-2H3,(H,47,52)/b21-20-. The molecular weight excluding hydrogens is 647 g/mol. The quantitative estimate of drug-likeness (QED) is 0.0316. The molecule has 6 heteroatoms. The van der Waals surface area contributed by atoms with E-state index in [1.54, 1.807) is 0 Å². The normalized spacial score (nSPS) is 14.2. The molecule has 5 N–H and O–H groups in total. The molecule has 0 radical (unpaired) electrons. The molecule has 0 saturated heterocycles. The molecule has 0 aromatic carbocycles. The first-order chi connectivity index (χ1) is 25.5. The van der Waals surface area contributed by atoms with Crippen molar-refractivity contribution in [2.24, 2.45) is 0 Å². The largest absolute Gasteiger partial charge is 0.394 e. The summed E-state index contributed by atoms with van der Waals surface area (Å²) in [5.74, 6) is -0.593. The predicted octanol–water partition coefficient (Wildman–Crippen LogP) is 12.2. The number of carbonyl (C=O) groups excluding carboxylic acids is 1. The van der Waals surface area contributed by atoms with Crippen LogP contribution in [0.15, 0.2) is 12.2 Å². The molecule has 52 heavy (non-hydrogen) atoms. The number of hydrogen-bond acceptors (Lipinski definition) is 5. The van der Waals surface area contributed by atoms with Gasteiger partial charge < -0.3 is 25.7 Å². The van der Waals surface area contributed by atoms with Gasteiger partial charge in [0.25, 0.3) is 0 Å². The summed E-state index contributed by atoms with van der Waals surface area (Å²) < 4.78 is 0. The SMILES string of the molecule is CCCCCCCCCCCCCCCC/C=C\CCCCCCCCCCCCCCCCCCC(O)C(=O)NC(CO)C(O)C(O)CCCC. The van der Waals surface area contributed by atoms with Crippen molar-refractivity contribution in [3.05, 3.63) is 12.2 Å². The summed E-state index contributed by atoms with van der Waals surface area (Å²) >= 11 is 0. The summed E-state index contributed by atoms with van der Waals surface area (Å²) in [6.07, 6.45) is 46.9. The topological polar surface area (TPSA) is 110 Å². The van der Waals surface area contributed by atoms with Gasteiger partial charge in [-0.2, -0.15) is 0 Å². The Kier molecular flexibility index (Phi) is 40.5. The summed E-state index contributed by atoms with van der Waals surface area (Å²) in [5.41, 5.74) is 0. The third kappa shape index (κ3) is 34.8. The van der Waals surface area contributed by atoms with Crippen molar-refractivity contribution in [1.29, 1.82) is 0 Å². The first kappa shape index (κ1) is 51.0. The average molecular weight is 738 g/mol. The van der Waals surface area contributed by atoms with Crippen LogP contribution in [0.5, 0.6) is 0 Å². The minimum atomic E-state index is -1.25. The zero-order valence-corrected chi connectivity index (χ0v) is 34.8. The van der Waals surface area contributed by atoms with Gasteiger partial charge in [-0.1, -0.05) is 219 Å². The van der Waals surface area contributed by atoms with Gasteiger partial charge in [0.15, 0.2) is 0 Å². The fourth-order valence-electron chi connectivity index (χ4n) is 7.27. The first-order valence-electron chi connectivity index (χ1n) is 23.1. The Hall–Kier alpha value is -0.950. The van der Waals surface area contributed by atoms with Crippen LogP contribution in [0.4, 0.5) is 0 Å². The van der Waals surface area contributed by atoms with Crippen molar-refractivity contribution in [3.63, 3.8) is 0 Å². The number of nitrogens with one attached hydrogen (secondary N) is 1. The number of carbonyl (C=O) groups is 1. The highest BCUT2D eigenvalue weighted by Gasteiger charge is 2.28. The fourth-order valence-corrected chi connectivity index (χ4v) is 7.27. The van der Waals surface area contributed by atoms with E-state index in [4.69, 9.17) is 0 Å². The van der Waals surface area contributed by atoms with Crippen LogP contribution in [0.25, 0.3) is 0 Å². The van der Waals surface area contributed by atoms with E-state index in [0.29, 0.717) is 12.8 Å². The van der Waals surface area contributed by atoms with Gasteiger partial charge in [0.1, 0.15) is 12.2 Å². The van der Waals surface area contributed by atoms with Crippen molar-refractivity contribution in [2.75, 3.05) is 6.61 Å². The lowest BCUT2D eigenvalue weighted by atomic mass is 10.0. The summed E-state index contributed by atoms with van der Waals surface area (Å²) in [6.45, 7) is 3.80. The Balaban J connectivity index is 3.38. The Labute approximate surface area is 323 Å². The van der Waals surface area contributed by atoms with E-state index in [2.05, 4.69) is 24.4 Å². The van der Waals surface area contributed by atoms with Gasteiger partial charge in [0, 0.05) is 0 Å². The van der Waals surface area contributed by atoms with Gasteiger partial charge in [-0.3, -0.25) is 4.79 Å². The van der Waals surface area contributed by atoms with Crippen LogP contribution in [0, 0.1) is 0 Å². The average Bonchev–Trinajstić information content (AvgIpc) is 3.15. The second-order valence-corrected chi connectivity index (χ2v) is 16.1. The lowest BCUT2D eigenvalue weighted by molar-refractivity contribution is -0.132. The second-order valence-electron chi connectivity index (χ2n) is 16.1. The molecule has 4 unspecified atom stereocenters. The van der Waals surface area contributed by atoms with Crippen LogP contribution in [0.2, 0.25) is 0 Å². The highest BCUT2D eigenvalue weighted by molar-refractivity contribution is 5.80. The predicted molar refractivity (Wildman–Crippen MR) is 224 cm³/mol. The van der Waals surface area contributed by atoms with Gasteiger partial charge in [-0.15, -0.1) is 0 Å². The molecule has 4 atom stereocenters. The van der Waals surface area contributed by atoms with Crippen molar-refractivity contribution in [2.45, 2.75) is 269 Å². The monoisotopic (exact) mass is 738 g/mol. The highest BCUT2D eigenvalue weighted by Crippen LogP contribution is 2.17. The fraction of sp³-hybridized carbons (Fsp3) is 0.935. The first-order valence-corrected chi connectivity index (χ1v) is 23.1. The van der Waals surface area contributed by atoms with Crippen LogP contribution in [0.1, 0.15) is 245 Å². The van der Waals surface area contributed by atoms with Crippen molar-refractivity contribution in [1.82, 2.24) is 5.32 Å². The summed E-state index contributed by atoms with van der Waals surface area (Å²) in [5, 5.41) is 42.5. The van der Waals surface area contributed by atoms with Gasteiger partial charge >= 0.3 is 0 Å². The molecular formula is C46H91NO5. The zero-order valence-electron chi connectivity index (χ0n) is 34.8. The minimum absolute atomic E-state index is 0.370. The van der Waals surface area contributed by atoms with Crippen LogP contribution < -0.4 is 5.32 Å². The summed E-state index contributed by atoms with van der Waals surface area (Å²) in [7, 11) is 0. The van der Waals surface area contributed by atoms with E-state index >= 15 is 0 Å². The van der Waals surface area contributed by atoms with Crippen LogP contribution in [-0.4, -0.2) is 57.3 Å². The second kappa shape index (κ2) is 41.2. The Morgan fingerprint density at radius 1 is 0.462 bits per heavy atom. The maximum atomic E-state index is 12.3. The van der Waals surface area contributed by atoms with E-state index < -0.39 is 36.9 Å². The van der Waals surface area contributed by atoms with Gasteiger partial charge in [-0.25, -0.2) is 0 Å². The minimum Gasteiger partial charge on any atom is -0.394 e. The van der Waals surface area contributed by atoms with Crippen molar-refractivity contribution in [3.8, 4) is 0 Å². The third-order valence-corrected chi connectivity index (χ3v) is 11.0. The van der Waals surface area contributed by atoms with E-state index in [9.17, 15) is 25.2 Å². The summed E-state index contributed by atoms with van der Waals surface area (Å²) in [6, 6.07) is -0.977. The molecule has 0 aromatic heterocycles. The zero-order chi connectivity index (χ0) is 38.2. The molecule has 0 saturated carbocycles. The molecule has 310 valence electrons. The molecule has 0 aromatic rings. The number of allylic oxidation sites excluding steroid dienone is 2. The van der Waals surface area contributed by atoms with E-state index in [0.717, 1.165) is 32.1 Å². The maximum absolute atomic E-state index is 12.3. The van der Waals surface area contributed by atoms with E-state index in [-0.39, 0.29) is 0 Å². The molecule has 0 spiro atoms. The Morgan fingerprint density at radius 2 is 0.788 bits per heavy atom. The van der Waals surface area contributed by atoms with Crippen LogP contribution in [-0.2, 0) is 4.79 Å². The Morgan fingerprint density at radius 3 is 1.13 bits per heavy atom. The number of aliphatic hydroxyl groups is 4. The smallest absolute Gasteiger partial charge is 0.249 e. The van der Waals surface area contributed by atoms with Crippen molar-refractivity contribution < 1.29 is 25.2 Å². The number of amides is 1. The van der Waals surface area contributed by atoms with Gasteiger partial charge in [0.05, 0.1) is 18.8 Å². The molecule has 0 heterocycles.